The quantitative estimate of drug-likeness (QED) is 0.348. The number of rotatable bonds is 5. The number of nitrogens with one attached hydrogen (secondary N) is 1. The van der Waals surface area contributed by atoms with E-state index in [-0.39, 0.29) is 11.4 Å². The number of primary amides is 1. The van der Waals surface area contributed by atoms with E-state index in [0.717, 1.165) is 24.1 Å². The van der Waals surface area contributed by atoms with Crippen LogP contribution < -0.4 is 11.1 Å². The summed E-state index contributed by atoms with van der Waals surface area (Å²) in [5.41, 5.74) is 5.13. The highest BCUT2D eigenvalue weighted by atomic mass is 35.5. The van der Waals surface area contributed by atoms with E-state index in [4.69, 9.17) is 16.4 Å². The summed E-state index contributed by atoms with van der Waals surface area (Å²) in [5.74, 6) is 2.07. The third-order valence-electron chi connectivity index (χ3n) is 6.39. The number of hydrogen-bond acceptors (Lipinski definition) is 5. The van der Waals surface area contributed by atoms with Crippen LogP contribution in [0.1, 0.15) is 42.9 Å². The fourth-order valence-corrected chi connectivity index (χ4v) is 5.40. The summed E-state index contributed by atoms with van der Waals surface area (Å²) in [5, 5.41) is 19.0. The number of halogens is 2. The number of benzene rings is 1. The Morgan fingerprint density at radius 1 is 1.39 bits per heavy atom. The van der Waals surface area contributed by atoms with Gasteiger partial charge >= 0.3 is 0 Å². The van der Waals surface area contributed by atoms with Crippen LogP contribution in [-0.2, 0) is 17.4 Å². The van der Waals surface area contributed by atoms with E-state index in [0.29, 0.717) is 42.2 Å². The highest BCUT2D eigenvalue weighted by molar-refractivity contribution is 6.30. The fraction of sp³-hybridized carbons (Fsp3) is 0.478. The van der Waals surface area contributed by atoms with Gasteiger partial charge in [0.2, 0.25) is 6.41 Å². The van der Waals surface area contributed by atoms with Crippen molar-refractivity contribution < 1.29 is 14.3 Å². The van der Waals surface area contributed by atoms with Gasteiger partial charge in [0.1, 0.15) is 17.2 Å². The molecule has 4 rings (SSSR count). The number of amides is 1. The average Bonchev–Trinajstić information content (AvgIpc) is 3.39. The third-order valence-corrected chi connectivity index (χ3v) is 6.68. The van der Waals surface area contributed by atoms with E-state index in [1.54, 1.807) is 30.2 Å². The lowest BCUT2D eigenvalue weighted by molar-refractivity contribution is -0.106. The van der Waals surface area contributed by atoms with Crippen molar-refractivity contribution in [2.75, 3.05) is 7.05 Å². The topological polar surface area (TPSA) is 118 Å². The van der Waals surface area contributed by atoms with Crippen LogP contribution in [0.3, 0.4) is 0 Å². The van der Waals surface area contributed by atoms with E-state index in [1.165, 1.54) is 6.07 Å². The smallest absolute Gasteiger partial charge is 0.204 e. The van der Waals surface area contributed by atoms with Crippen molar-refractivity contribution >= 4 is 30.4 Å². The Hall–Kier alpha value is -2.78. The second-order valence-electron chi connectivity index (χ2n) is 8.68. The van der Waals surface area contributed by atoms with Crippen LogP contribution in [-0.4, -0.2) is 39.7 Å². The first-order valence-electron chi connectivity index (χ1n) is 10.8. The minimum absolute atomic E-state index is 0.111. The summed E-state index contributed by atoms with van der Waals surface area (Å²) in [4.78, 5) is 17.1. The number of aliphatic imine (C=N–C) groups is 1. The molecule has 33 heavy (non-hydrogen) atoms. The fourth-order valence-electron chi connectivity index (χ4n) is 5.22. The van der Waals surface area contributed by atoms with Crippen LogP contribution in [0, 0.1) is 30.5 Å². The summed E-state index contributed by atoms with van der Waals surface area (Å²) >= 11 is 5.95. The molecule has 2 unspecified atom stereocenters. The van der Waals surface area contributed by atoms with Gasteiger partial charge in [0.05, 0.1) is 11.4 Å². The van der Waals surface area contributed by atoms with Gasteiger partial charge in [-0.05, 0) is 74.1 Å². The molecule has 4 N–H and O–H groups in total. The minimum Gasteiger partial charge on any atom is -0.382 e. The molecule has 2 aliphatic carbocycles. The molecule has 2 saturated carbocycles. The number of carbonyl (C=O) groups is 1. The van der Waals surface area contributed by atoms with Crippen LogP contribution in [0.4, 0.5) is 4.39 Å². The molecule has 1 amide bonds. The maximum Gasteiger partial charge on any atom is 0.204 e. The summed E-state index contributed by atoms with van der Waals surface area (Å²) < 4.78 is 15.2. The summed E-state index contributed by atoms with van der Waals surface area (Å²) in [6, 6.07) is 4.73. The number of allylic oxidation sites excluding steroid dienone is 1. The first kappa shape index (κ1) is 24.9. The molecule has 2 aliphatic rings. The first-order chi connectivity index (χ1) is 15.7. The normalized spacial score (nSPS) is 26.7. The van der Waals surface area contributed by atoms with Gasteiger partial charge in [0.15, 0.2) is 5.82 Å². The molecule has 0 aliphatic heterocycles. The summed E-state index contributed by atoms with van der Waals surface area (Å²) in [6.45, 7) is 1.85. The average molecular weight is 477 g/mol. The zero-order valence-electron chi connectivity index (χ0n) is 19.0. The second kappa shape index (κ2) is 10.4. The lowest BCUT2D eigenvalue weighted by Crippen LogP contribution is -2.28. The Balaban J connectivity index is 0.000000968. The molecular weight excluding hydrogens is 447 g/mol. The van der Waals surface area contributed by atoms with Crippen LogP contribution in [0.5, 0.6) is 0 Å². The Morgan fingerprint density at radius 3 is 2.55 bits per heavy atom. The van der Waals surface area contributed by atoms with Gasteiger partial charge < -0.3 is 16.2 Å². The predicted octanol–water partition coefficient (Wildman–Crippen LogP) is 2.93. The molecule has 178 valence electrons. The molecule has 8 nitrogen and oxygen atoms in total. The molecule has 2 fully saturated rings. The molecule has 0 radical (unpaired) electrons. The van der Waals surface area contributed by atoms with Crippen LogP contribution in [0.15, 0.2) is 28.9 Å². The van der Waals surface area contributed by atoms with Gasteiger partial charge in [-0.3, -0.25) is 14.5 Å². The number of aryl methyl sites for hydroxylation is 2. The Kier molecular flexibility index (Phi) is 7.86. The van der Waals surface area contributed by atoms with Crippen molar-refractivity contribution in [3.05, 3.63) is 51.9 Å². The number of carbonyl (C=O) groups excluding carboxylic acids is 1. The zero-order valence-corrected chi connectivity index (χ0v) is 19.8. The van der Waals surface area contributed by atoms with Crippen molar-refractivity contribution in [1.82, 2.24) is 20.1 Å². The molecule has 1 aromatic carbocycles. The third kappa shape index (κ3) is 5.59. The maximum atomic E-state index is 13.5. The van der Waals surface area contributed by atoms with Crippen molar-refractivity contribution in [3.8, 4) is 0 Å². The molecule has 2 atom stereocenters. The van der Waals surface area contributed by atoms with Crippen molar-refractivity contribution in [3.63, 3.8) is 0 Å². The Bertz CT molecular complexity index is 1040. The van der Waals surface area contributed by atoms with Gasteiger partial charge in [-0.25, -0.2) is 9.37 Å². The molecule has 0 spiro atoms. The van der Waals surface area contributed by atoms with E-state index in [1.807, 2.05) is 20.0 Å². The summed E-state index contributed by atoms with van der Waals surface area (Å²) in [6.07, 6.45) is 7.25. The number of aliphatic hydroxyl groups is 1. The number of fused-ring (bicyclic) bond motifs is 1. The number of hydrogen-bond donors (Lipinski definition) is 3. The Morgan fingerprint density at radius 2 is 2.03 bits per heavy atom. The molecule has 0 saturated heterocycles. The highest BCUT2D eigenvalue weighted by Gasteiger charge is 2.51. The maximum absolute atomic E-state index is 13.5. The van der Waals surface area contributed by atoms with Crippen molar-refractivity contribution in [2.45, 2.75) is 38.2 Å². The molecule has 0 bridgehead atoms. The van der Waals surface area contributed by atoms with E-state index in [2.05, 4.69) is 26.1 Å². The standard InChI is InChI=1S/C22H27ClFN5O.CH3NO/c1-13-27-21(29(3)28-13)22(30)10-16-8-15(9-17(16)11-22)20(26-12-25-2)7-14-4-5-19(24)18(23)6-14;2-1-3/h4-7,12,15-17,30H,8-11H2,1-3H3,(H,25,26);1H,(H2,2,3)/b20-7+;. The van der Waals surface area contributed by atoms with Gasteiger partial charge in [0.25, 0.3) is 0 Å². The molecule has 2 aromatic rings. The molecule has 1 aromatic heterocycles. The number of nitrogens with two attached hydrogens (primary N) is 1. The van der Waals surface area contributed by atoms with Crippen LogP contribution >= 0.6 is 11.6 Å². The zero-order chi connectivity index (χ0) is 24.2. The van der Waals surface area contributed by atoms with Gasteiger partial charge in [-0.2, -0.15) is 5.10 Å². The molecule has 1 heterocycles. The first-order valence-corrected chi connectivity index (χ1v) is 11.2. The van der Waals surface area contributed by atoms with E-state index >= 15 is 0 Å². The van der Waals surface area contributed by atoms with Gasteiger partial charge in [0, 0.05) is 19.8 Å². The van der Waals surface area contributed by atoms with Crippen molar-refractivity contribution in [1.29, 1.82) is 0 Å². The van der Waals surface area contributed by atoms with E-state index < -0.39 is 11.4 Å². The van der Waals surface area contributed by atoms with Crippen LogP contribution in [0.25, 0.3) is 6.08 Å². The number of aromatic nitrogens is 3. The lowest BCUT2D eigenvalue weighted by atomic mass is 9.91. The lowest BCUT2D eigenvalue weighted by Gasteiger charge is -2.24. The molecular formula is C23H30ClFN6O2. The number of nitrogens with zero attached hydrogens (tertiary/aromatic N) is 4. The SMILES string of the molecule is CN=CN/C(=C/c1ccc(F)c(Cl)c1)C1CC2CC(O)(c3nc(C)nn3C)CC2C1.NC=O. The van der Waals surface area contributed by atoms with E-state index in [9.17, 15) is 9.50 Å². The van der Waals surface area contributed by atoms with Gasteiger partial charge in [-0.1, -0.05) is 17.7 Å². The summed E-state index contributed by atoms with van der Waals surface area (Å²) in [7, 11) is 3.55. The predicted molar refractivity (Wildman–Crippen MR) is 126 cm³/mol. The Labute approximate surface area is 197 Å². The molecule has 10 heteroatoms. The van der Waals surface area contributed by atoms with Gasteiger partial charge in [-0.15, -0.1) is 0 Å². The monoisotopic (exact) mass is 476 g/mol. The van der Waals surface area contributed by atoms with Crippen molar-refractivity contribution in [2.24, 2.45) is 35.5 Å². The highest BCUT2D eigenvalue weighted by Crippen LogP contribution is 2.55. The second-order valence-corrected chi connectivity index (χ2v) is 9.08. The largest absolute Gasteiger partial charge is 0.382 e. The minimum atomic E-state index is -0.914. The van der Waals surface area contributed by atoms with Crippen LogP contribution in [0.2, 0.25) is 5.02 Å².